The topological polar surface area (TPSA) is 61.8 Å². The van der Waals surface area contributed by atoms with E-state index in [0.29, 0.717) is 0 Å². The van der Waals surface area contributed by atoms with Gasteiger partial charge in [-0.3, -0.25) is 0 Å². The molecule has 132 valence electrons. The molecule has 0 N–H and O–H groups in total. The zero-order valence-electron chi connectivity index (χ0n) is 14.1. The molecule has 0 atom stereocenters. The summed E-state index contributed by atoms with van der Waals surface area (Å²) < 4.78 is 14.6. The summed E-state index contributed by atoms with van der Waals surface area (Å²) in [6.07, 6.45) is -2.31. The van der Waals surface area contributed by atoms with Crippen LogP contribution in [0.5, 0.6) is 11.5 Å². The zero-order valence-corrected chi connectivity index (χ0v) is 14.1. The minimum Gasteiger partial charge on any atom is -0.395 e. The molecule has 4 aromatic rings. The number of benzene rings is 4. The Bertz CT molecular complexity index is 1060. The van der Waals surface area contributed by atoms with Gasteiger partial charge < -0.3 is 14.2 Å². The average molecular weight is 358 g/mol. The fraction of sp³-hybridized carbons (Fsp3) is 0. The van der Waals surface area contributed by atoms with Crippen LogP contribution in [0, 0.1) is 0 Å². The van der Waals surface area contributed by atoms with Gasteiger partial charge in [0.05, 0.1) is 0 Å². The molecule has 5 nitrogen and oxygen atoms in total. The lowest BCUT2D eigenvalue weighted by Gasteiger charge is -2.07. The van der Waals surface area contributed by atoms with Crippen LogP contribution in [-0.2, 0) is 4.74 Å². The number of ether oxygens (including phenoxy) is 3. The van der Waals surface area contributed by atoms with Crippen LogP contribution in [0.4, 0.5) is 9.59 Å². The highest BCUT2D eigenvalue weighted by molar-refractivity contribution is 5.86. The van der Waals surface area contributed by atoms with Crippen LogP contribution in [0.1, 0.15) is 0 Å². The van der Waals surface area contributed by atoms with Gasteiger partial charge in [0.15, 0.2) is 0 Å². The highest BCUT2D eigenvalue weighted by Gasteiger charge is 2.15. The number of hydrogen-bond acceptors (Lipinski definition) is 5. The molecule has 0 aromatic heterocycles. The summed E-state index contributed by atoms with van der Waals surface area (Å²) >= 11 is 0. The van der Waals surface area contributed by atoms with Crippen molar-refractivity contribution in [3.63, 3.8) is 0 Å². The van der Waals surface area contributed by atoms with Crippen molar-refractivity contribution in [1.82, 2.24) is 0 Å². The van der Waals surface area contributed by atoms with Crippen LogP contribution >= 0.6 is 0 Å². The Morgan fingerprint density at radius 3 is 1.37 bits per heavy atom. The van der Waals surface area contributed by atoms with E-state index in [2.05, 4.69) is 4.74 Å². The summed E-state index contributed by atoms with van der Waals surface area (Å²) in [7, 11) is 0. The molecule has 0 amide bonds. The molecule has 0 saturated heterocycles. The molecule has 0 aliphatic heterocycles. The highest BCUT2D eigenvalue weighted by Crippen LogP contribution is 2.22. The highest BCUT2D eigenvalue weighted by atomic mass is 16.8. The van der Waals surface area contributed by atoms with Gasteiger partial charge in [-0.2, -0.15) is 0 Å². The lowest BCUT2D eigenvalue weighted by Crippen LogP contribution is -2.19. The van der Waals surface area contributed by atoms with E-state index in [4.69, 9.17) is 9.47 Å². The predicted octanol–water partition coefficient (Wildman–Crippen LogP) is 5.71. The largest absolute Gasteiger partial charge is 0.524 e. The third kappa shape index (κ3) is 3.88. The van der Waals surface area contributed by atoms with Crippen molar-refractivity contribution in [2.75, 3.05) is 0 Å². The SMILES string of the molecule is O=C(OC(=O)Oc1ccc2ccccc2c1)Oc1ccc2ccccc2c1. The first-order chi connectivity index (χ1) is 13.2. The van der Waals surface area contributed by atoms with Gasteiger partial charge in [0, 0.05) is 0 Å². The quantitative estimate of drug-likeness (QED) is 0.261. The fourth-order valence-electron chi connectivity index (χ4n) is 2.76. The van der Waals surface area contributed by atoms with E-state index >= 15 is 0 Å². The third-order valence-corrected chi connectivity index (χ3v) is 4.01. The molecule has 27 heavy (non-hydrogen) atoms. The number of carbonyl (C=O) groups is 2. The normalized spacial score (nSPS) is 10.5. The Morgan fingerprint density at radius 1 is 0.519 bits per heavy atom. The maximum atomic E-state index is 11.8. The first-order valence-corrected chi connectivity index (χ1v) is 8.26. The van der Waals surface area contributed by atoms with E-state index in [0.717, 1.165) is 21.5 Å². The molecule has 0 fully saturated rings. The van der Waals surface area contributed by atoms with Crippen molar-refractivity contribution in [3.05, 3.63) is 84.9 Å². The van der Waals surface area contributed by atoms with Crippen LogP contribution < -0.4 is 9.47 Å². The van der Waals surface area contributed by atoms with Crippen LogP contribution in [0.25, 0.3) is 21.5 Å². The molecule has 4 rings (SSSR count). The first kappa shape index (κ1) is 16.6. The molecule has 0 saturated carbocycles. The number of carbonyl (C=O) groups excluding carboxylic acids is 2. The van der Waals surface area contributed by atoms with Gasteiger partial charge in [0.2, 0.25) is 0 Å². The summed E-state index contributed by atoms with van der Waals surface area (Å²) in [5, 5.41) is 3.82. The standard InChI is InChI=1S/C22H14O5/c23-21(25-19-11-9-15-5-1-3-7-17(15)13-19)27-22(24)26-20-12-10-16-6-2-4-8-18(16)14-20/h1-14H. The van der Waals surface area contributed by atoms with Crippen molar-refractivity contribution < 1.29 is 23.8 Å². The maximum absolute atomic E-state index is 11.8. The second-order valence-corrected chi connectivity index (χ2v) is 5.82. The summed E-state index contributed by atoms with van der Waals surface area (Å²) in [6.45, 7) is 0. The van der Waals surface area contributed by atoms with Gasteiger partial charge in [-0.15, -0.1) is 0 Å². The zero-order chi connectivity index (χ0) is 18.6. The lowest BCUT2D eigenvalue weighted by molar-refractivity contribution is 0.0896. The fourth-order valence-corrected chi connectivity index (χ4v) is 2.76. The molecule has 0 heterocycles. The van der Waals surface area contributed by atoms with E-state index in [9.17, 15) is 9.59 Å². The number of hydrogen-bond donors (Lipinski definition) is 0. The molecule has 0 radical (unpaired) electrons. The molecular formula is C22H14O5. The van der Waals surface area contributed by atoms with Gasteiger partial charge in [-0.1, -0.05) is 60.7 Å². The first-order valence-electron chi connectivity index (χ1n) is 8.26. The van der Waals surface area contributed by atoms with Gasteiger partial charge >= 0.3 is 12.3 Å². The summed E-state index contributed by atoms with van der Waals surface area (Å²) in [4.78, 5) is 23.6. The Hall–Kier alpha value is -3.86. The van der Waals surface area contributed by atoms with Crippen molar-refractivity contribution >= 4 is 33.9 Å². The molecule has 0 aliphatic carbocycles. The van der Waals surface area contributed by atoms with Gasteiger partial charge in [-0.05, 0) is 45.8 Å². The molecule has 0 bridgehead atoms. The Morgan fingerprint density at radius 2 is 0.926 bits per heavy atom. The van der Waals surface area contributed by atoms with E-state index in [1.165, 1.54) is 0 Å². The van der Waals surface area contributed by atoms with Crippen LogP contribution in [0.2, 0.25) is 0 Å². The maximum Gasteiger partial charge on any atom is 0.524 e. The molecule has 5 heteroatoms. The van der Waals surface area contributed by atoms with E-state index in [-0.39, 0.29) is 11.5 Å². The molecule has 0 aliphatic rings. The molecule has 0 spiro atoms. The second-order valence-electron chi connectivity index (χ2n) is 5.82. The van der Waals surface area contributed by atoms with E-state index in [1.807, 2.05) is 60.7 Å². The predicted molar refractivity (Wildman–Crippen MR) is 101 cm³/mol. The van der Waals surface area contributed by atoms with Crippen molar-refractivity contribution in [1.29, 1.82) is 0 Å². The van der Waals surface area contributed by atoms with Crippen molar-refractivity contribution in [2.45, 2.75) is 0 Å². The van der Waals surface area contributed by atoms with E-state index < -0.39 is 12.3 Å². The summed E-state index contributed by atoms with van der Waals surface area (Å²) in [5.41, 5.74) is 0. The monoisotopic (exact) mass is 358 g/mol. The smallest absolute Gasteiger partial charge is 0.395 e. The number of rotatable bonds is 2. The summed E-state index contributed by atoms with van der Waals surface area (Å²) in [5.74, 6) is 0.550. The molecule has 0 unspecified atom stereocenters. The molecule has 4 aromatic carbocycles. The van der Waals surface area contributed by atoms with Crippen LogP contribution in [0.15, 0.2) is 84.9 Å². The Labute approximate surface area is 154 Å². The third-order valence-electron chi connectivity index (χ3n) is 4.01. The lowest BCUT2D eigenvalue weighted by atomic mass is 10.1. The van der Waals surface area contributed by atoms with Gasteiger partial charge in [-0.25, -0.2) is 9.59 Å². The van der Waals surface area contributed by atoms with Gasteiger partial charge in [0.1, 0.15) is 11.5 Å². The average Bonchev–Trinajstić information content (AvgIpc) is 2.67. The van der Waals surface area contributed by atoms with Crippen molar-refractivity contribution in [3.8, 4) is 11.5 Å². The van der Waals surface area contributed by atoms with Crippen molar-refractivity contribution in [2.24, 2.45) is 0 Å². The number of fused-ring (bicyclic) bond motifs is 2. The van der Waals surface area contributed by atoms with Crippen LogP contribution in [0.3, 0.4) is 0 Å². The Balaban J connectivity index is 1.39. The van der Waals surface area contributed by atoms with Gasteiger partial charge in [0.25, 0.3) is 0 Å². The minimum atomic E-state index is -1.16. The Kier molecular flexibility index (Phi) is 4.41. The van der Waals surface area contributed by atoms with Crippen LogP contribution in [-0.4, -0.2) is 12.3 Å². The summed E-state index contributed by atoms with van der Waals surface area (Å²) in [6, 6.07) is 25.5. The van der Waals surface area contributed by atoms with E-state index in [1.54, 1.807) is 24.3 Å². The second kappa shape index (κ2) is 7.17. The minimum absolute atomic E-state index is 0.275. The molecular weight excluding hydrogens is 344 g/mol.